The summed E-state index contributed by atoms with van der Waals surface area (Å²) in [7, 11) is 5.67. The fraction of sp³-hybridized carbons (Fsp3) is 0.933. The van der Waals surface area contributed by atoms with Gasteiger partial charge < -0.3 is 20.3 Å². The van der Waals surface area contributed by atoms with E-state index in [0.29, 0.717) is 6.04 Å². The van der Waals surface area contributed by atoms with Crippen LogP contribution in [0.3, 0.4) is 0 Å². The zero-order valence-corrected chi connectivity index (χ0v) is 16.9. The van der Waals surface area contributed by atoms with E-state index >= 15 is 0 Å². The zero-order chi connectivity index (χ0) is 15.5. The lowest BCUT2D eigenvalue weighted by molar-refractivity contribution is 0.162. The number of nitrogens with zero attached hydrogens (tertiary/aromatic N) is 3. The molecule has 1 unspecified atom stereocenters. The summed E-state index contributed by atoms with van der Waals surface area (Å²) in [5.41, 5.74) is 0. The minimum absolute atomic E-state index is 0. The van der Waals surface area contributed by atoms with Crippen LogP contribution in [-0.4, -0.2) is 88.9 Å². The van der Waals surface area contributed by atoms with Crippen LogP contribution in [0, 0.1) is 0 Å². The summed E-state index contributed by atoms with van der Waals surface area (Å²) in [4.78, 5) is 9.08. The molecule has 6 nitrogen and oxygen atoms in total. The molecule has 7 heteroatoms. The van der Waals surface area contributed by atoms with Crippen molar-refractivity contribution < 1.29 is 4.74 Å². The van der Waals surface area contributed by atoms with E-state index in [-0.39, 0.29) is 24.0 Å². The molecule has 0 spiro atoms. The lowest BCUT2D eigenvalue weighted by Crippen LogP contribution is -2.46. The Morgan fingerprint density at radius 3 is 2.77 bits per heavy atom. The lowest BCUT2D eigenvalue weighted by Gasteiger charge is -2.24. The van der Waals surface area contributed by atoms with Gasteiger partial charge in [0, 0.05) is 46.4 Å². The molecule has 0 aromatic rings. The van der Waals surface area contributed by atoms with Crippen molar-refractivity contribution in [2.75, 3.05) is 67.1 Å². The van der Waals surface area contributed by atoms with Crippen molar-refractivity contribution in [1.29, 1.82) is 0 Å². The van der Waals surface area contributed by atoms with E-state index in [4.69, 9.17) is 4.74 Å². The van der Waals surface area contributed by atoms with Crippen molar-refractivity contribution in [2.24, 2.45) is 4.99 Å². The normalized spacial score (nSPS) is 19.3. The Morgan fingerprint density at radius 1 is 1.36 bits per heavy atom. The van der Waals surface area contributed by atoms with Gasteiger partial charge in [-0.3, -0.25) is 9.89 Å². The molecule has 0 bridgehead atoms. The van der Waals surface area contributed by atoms with Crippen molar-refractivity contribution in [3.63, 3.8) is 0 Å². The molecule has 0 amide bonds. The molecule has 1 atom stereocenters. The second kappa shape index (κ2) is 13.3. The van der Waals surface area contributed by atoms with Gasteiger partial charge in [0.2, 0.25) is 0 Å². The number of likely N-dealkylation sites (tertiary alicyclic amines) is 1. The van der Waals surface area contributed by atoms with Crippen LogP contribution < -0.4 is 10.6 Å². The molecule has 1 heterocycles. The number of rotatable bonds is 9. The molecular formula is C15H34IN5O. The van der Waals surface area contributed by atoms with Gasteiger partial charge in [0.1, 0.15) is 0 Å². The summed E-state index contributed by atoms with van der Waals surface area (Å²) in [6.07, 6.45) is 2.61. The molecule has 22 heavy (non-hydrogen) atoms. The van der Waals surface area contributed by atoms with E-state index < -0.39 is 0 Å². The first-order chi connectivity index (χ1) is 10.2. The SMILES string of the molecule is CCN1CCCC1CNC(=NC)NCCN(C)CCOC.I. The first kappa shape index (κ1) is 21.9. The molecule has 0 aromatic carbocycles. The molecule has 1 saturated heterocycles. The summed E-state index contributed by atoms with van der Waals surface area (Å²) in [5.74, 6) is 0.901. The quantitative estimate of drug-likeness (QED) is 0.325. The minimum atomic E-state index is 0. The van der Waals surface area contributed by atoms with E-state index in [0.717, 1.165) is 45.3 Å². The number of guanidine groups is 1. The molecule has 1 rings (SSSR count). The topological polar surface area (TPSA) is 52.1 Å². The maximum absolute atomic E-state index is 5.07. The van der Waals surface area contributed by atoms with Gasteiger partial charge in [-0.25, -0.2) is 0 Å². The number of methoxy groups -OCH3 is 1. The van der Waals surface area contributed by atoms with Crippen molar-refractivity contribution in [1.82, 2.24) is 20.4 Å². The summed E-state index contributed by atoms with van der Waals surface area (Å²) in [6, 6.07) is 0.651. The summed E-state index contributed by atoms with van der Waals surface area (Å²) in [5, 5.41) is 6.82. The van der Waals surface area contributed by atoms with Gasteiger partial charge in [0.05, 0.1) is 6.61 Å². The smallest absolute Gasteiger partial charge is 0.191 e. The van der Waals surface area contributed by atoms with Crippen molar-refractivity contribution >= 4 is 29.9 Å². The number of hydrogen-bond donors (Lipinski definition) is 2. The second-order valence-electron chi connectivity index (χ2n) is 5.60. The van der Waals surface area contributed by atoms with E-state index in [9.17, 15) is 0 Å². The van der Waals surface area contributed by atoms with E-state index in [1.807, 2.05) is 7.05 Å². The van der Waals surface area contributed by atoms with Gasteiger partial charge in [-0.1, -0.05) is 6.92 Å². The minimum Gasteiger partial charge on any atom is -0.383 e. The maximum atomic E-state index is 5.07. The first-order valence-electron chi connectivity index (χ1n) is 8.07. The highest BCUT2D eigenvalue weighted by atomic mass is 127. The van der Waals surface area contributed by atoms with Crippen molar-refractivity contribution in [2.45, 2.75) is 25.8 Å². The number of ether oxygens (including phenoxy) is 1. The second-order valence-corrected chi connectivity index (χ2v) is 5.60. The van der Waals surface area contributed by atoms with Gasteiger partial charge >= 0.3 is 0 Å². The maximum Gasteiger partial charge on any atom is 0.191 e. The van der Waals surface area contributed by atoms with E-state index in [1.165, 1.54) is 19.4 Å². The molecule has 0 aliphatic carbocycles. The third kappa shape index (κ3) is 8.50. The van der Waals surface area contributed by atoms with Crippen LogP contribution >= 0.6 is 24.0 Å². The van der Waals surface area contributed by atoms with Gasteiger partial charge in [0.15, 0.2) is 5.96 Å². The third-order valence-corrected chi connectivity index (χ3v) is 4.10. The lowest BCUT2D eigenvalue weighted by atomic mass is 10.2. The largest absolute Gasteiger partial charge is 0.383 e. The Labute approximate surface area is 153 Å². The third-order valence-electron chi connectivity index (χ3n) is 4.10. The molecule has 1 aliphatic heterocycles. The van der Waals surface area contributed by atoms with Crippen LogP contribution in [0.25, 0.3) is 0 Å². The molecule has 0 saturated carbocycles. The monoisotopic (exact) mass is 427 g/mol. The van der Waals surface area contributed by atoms with E-state index in [1.54, 1.807) is 7.11 Å². The Morgan fingerprint density at radius 2 is 2.14 bits per heavy atom. The zero-order valence-electron chi connectivity index (χ0n) is 14.6. The predicted octanol–water partition coefficient (Wildman–Crippen LogP) is 0.832. The van der Waals surface area contributed by atoms with Crippen LogP contribution in [0.4, 0.5) is 0 Å². The number of likely N-dealkylation sites (N-methyl/N-ethyl adjacent to an activating group) is 2. The Kier molecular flexibility index (Phi) is 13.3. The van der Waals surface area contributed by atoms with Crippen LogP contribution in [0.15, 0.2) is 4.99 Å². The molecule has 1 aliphatic rings. The van der Waals surface area contributed by atoms with Crippen LogP contribution in [0.5, 0.6) is 0 Å². The van der Waals surface area contributed by atoms with Crippen molar-refractivity contribution in [3.05, 3.63) is 0 Å². The molecule has 132 valence electrons. The molecule has 0 aromatic heterocycles. The number of aliphatic imine (C=N–C) groups is 1. The van der Waals surface area contributed by atoms with Gasteiger partial charge in [-0.15, -0.1) is 24.0 Å². The highest BCUT2D eigenvalue weighted by molar-refractivity contribution is 14.0. The standard InChI is InChI=1S/C15H33N5O.HI/c1-5-20-9-6-7-14(20)13-18-15(16-2)17-8-10-19(3)11-12-21-4;/h14H,5-13H2,1-4H3,(H2,16,17,18);1H. The van der Waals surface area contributed by atoms with Gasteiger partial charge in [-0.2, -0.15) is 0 Å². The Hall–Kier alpha value is -0.120. The average molecular weight is 427 g/mol. The van der Waals surface area contributed by atoms with Gasteiger partial charge in [-0.05, 0) is 33.0 Å². The predicted molar refractivity (Wildman–Crippen MR) is 104 cm³/mol. The molecule has 0 radical (unpaired) electrons. The molecule has 1 fully saturated rings. The molecular weight excluding hydrogens is 393 g/mol. The van der Waals surface area contributed by atoms with Crippen LogP contribution in [0.1, 0.15) is 19.8 Å². The summed E-state index contributed by atoms with van der Waals surface area (Å²) in [6.45, 7) is 9.20. The number of nitrogens with one attached hydrogen (secondary N) is 2. The highest BCUT2D eigenvalue weighted by Crippen LogP contribution is 2.15. The number of hydrogen-bond acceptors (Lipinski definition) is 4. The van der Waals surface area contributed by atoms with Crippen LogP contribution in [0.2, 0.25) is 0 Å². The van der Waals surface area contributed by atoms with Crippen LogP contribution in [-0.2, 0) is 4.74 Å². The fourth-order valence-corrected chi connectivity index (χ4v) is 2.70. The number of halogens is 1. The Bertz CT molecular complexity index is 304. The summed E-state index contributed by atoms with van der Waals surface area (Å²) >= 11 is 0. The average Bonchev–Trinajstić information content (AvgIpc) is 2.96. The van der Waals surface area contributed by atoms with Gasteiger partial charge in [0.25, 0.3) is 0 Å². The molecule has 2 N–H and O–H groups in total. The fourth-order valence-electron chi connectivity index (χ4n) is 2.70. The Balaban J connectivity index is 0.00000441. The van der Waals surface area contributed by atoms with Crippen molar-refractivity contribution in [3.8, 4) is 0 Å². The highest BCUT2D eigenvalue weighted by Gasteiger charge is 2.22. The van der Waals surface area contributed by atoms with E-state index in [2.05, 4.69) is 39.4 Å². The first-order valence-corrected chi connectivity index (χ1v) is 8.07. The summed E-state index contributed by atoms with van der Waals surface area (Å²) < 4.78 is 5.07.